The lowest BCUT2D eigenvalue weighted by Crippen LogP contribution is -2.46. The van der Waals surface area contributed by atoms with E-state index in [2.05, 4.69) is 34.5 Å². The van der Waals surface area contributed by atoms with E-state index in [9.17, 15) is 9.90 Å². The first-order chi connectivity index (χ1) is 14.1. The highest BCUT2D eigenvalue weighted by atomic mass is 16.3. The van der Waals surface area contributed by atoms with Crippen LogP contribution in [0.4, 0.5) is 0 Å². The number of benzene rings is 3. The van der Waals surface area contributed by atoms with Crippen LogP contribution in [-0.4, -0.2) is 34.6 Å². The van der Waals surface area contributed by atoms with E-state index < -0.39 is 6.10 Å². The van der Waals surface area contributed by atoms with Crippen LogP contribution in [0.1, 0.15) is 28.4 Å². The first-order valence-corrected chi connectivity index (χ1v) is 9.96. The Morgan fingerprint density at radius 1 is 0.828 bits per heavy atom. The molecule has 0 aliphatic rings. The summed E-state index contributed by atoms with van der Waals surface area (Å²) in [6.07, 6.45) is -0.685. The molecule has 0 fully saturated rings. The fourth-order valence-corrected chi connectivity index (χ4v) is 3.28. The number of rotatable bonds is 9. The molecule has 0 saturated carbocycles. The Balaban J connectivity index is 1.65. The van der Waals surface area contributed by atoms with Crippen molar-refractivity contribution in [1.82, 2.24) is 10.2 Å². The molecule has 0 unspecified atom stereocenters. The van der Waals surface area contributed by atoms with Crippen LogP contribution in [0.2, 0.25) is 0 Å². The van der Waals surface area contributed by atoms with E-state index in [1.807, 2.05) is 61.5 Å². The van der Waals surface area contributed by atoms with Gasteiger partial charge in [-0.3, -0.25) is 9.69 Å². The third-order valence-corrected chi connectivity index (χ3v) is 5.10. The molecule has 0 radical (unpaired) electrons. The zero-order chi connectivity index (χ0) is 20.5. The molecular formula is C25H28N2O2. The molecule has 2 atom stereocenters. The highest BCUT2D eigenvalue weighted by molar-refractivity contribution is 5.94. The van der Waals surface area contributed by atoms with Gasteiger partial charge in [-0.25, -0.2) is 0 Å². The number of aliphatic hydroxyl groups excluding tert-OH is 1. The highest BCUT2D eigenvalue weighted by Gasteiger charge is 2.23. The minimum absolute atomic E-state index is 0.133. The maximum Gasteiger partial charge on any atom is 0.251 e. The van der Waals surface area contributed by atoms with E-state index in [1.54, 1.807) is 12.1 Å². The van der Waals surface area contributed by atoms with Crippen LogP contribution < -0.4 is 5.32 Å². The number of hydrogen-bond donors (Lipinski definition) is 2. The van der Waals surface area contributed by atoms with Crippen LogP contribution in [0.25, 0.3) is 0 Å². The molecule has 0 spiro atoms. The lowest BCUT2D eigenvalue weighted by atomic mass is 10.1. The van der Waals surface area contributed by atoms with Crippen molar-refractivity contribution in [2.75, 3.05) is 6.54 Å². The Morgan fingerprint density at radius 2 is 1.28 bits per heavy atom. The van der Waals surface area contributed by atoms with Crippen molar-refractivity contribution in [1.29, 1.82) is 0 Å². The van der Waals surface area contributed by atoms with Gasteiger partial charge in [0.25, 0.3) is 5.91 Å². The van der Waals surface area contributed by atoms with Gasteiger partial charge in [0.05, 0.1) is 6.10 Å². The van der Waals surface area contributed by atoms with Gasteiger partial charge in [0.2, 0.25) is 0 Å². The summed E-state index contributed by atoms with van der Waals surface area (Å²) in [5, 5.41) is 13.6. The highest BCUT2D eigenvalue weighted by Crippen LogP contribution is 2.15. The molecule has 3 rings (SSSR count). The number of amides is 1. The van der Waals surface area contributed by atoms with Gasteiger partial charge in [0, 0.05) is 31.2 Å². The maximum absolute atomic E-state index is 12.3. The summed E-state index contributed by atoms with van der Waals surface area (Å²) in [6.45, 7) is 3.65. The first kappa shape index (κ1) is 20.8. The third-order valence-electron chi connectivity index (χ3n) is 5.10. The van der Waals surface area contributed by atoms with Crippen molar-refractivity contribution in [3.63, 3.8) is 0 Å². The second kappa shape index (κ2) is 10.6. The second-order valence-corrected chi connectivity index (χ2v) is 7.26. The number of aliphatic hydroxyl groups is 1. The average molecular weight is 389 g/mol. The lowest BCUT2D eigenvalue weighted by molar-refractivity contribution is 0.0474. The summed E-state index contributed by atoms with van der Waals surface area (Å²) in [5.41, 5.74) is 2.98. The van der Waals surface area contributed by atoms with Crippen LogP contribution in [0.3, 0.4) is 0 Å². The molecule has 4 heteroatoms. The quantitative estimate of drug-likeness (QED) is 0.585. The van der Waals surface area contributed by atoms with Gasteiger partial charge in [0.15, 0.2) is 0 Å². The van der Waals surface area contributed by atoms with E-state index in [-0.39, 0.29) is 18.5 Å². The Morgan fingerprint density at radius 3 is 1.76 bits per heavy atom. The lowest BCUT2D eigenvalue weighted by Gasteiger charge is -2.32. The molecule has 1 amide bonds. The van der Waals surface area contributed by atoms with Gasteiger partial charge in [-0.05, 0) is 30.2 Å². The SMILES string of the molecule is C[C@@H]([C@H](O)CNC(=O)c1ccccc1)N(Cc1ccccc1)Cc1ccccc1. The maximum atomic E-state index is 12.3. The van der Waals surface area contributed by atoms with Gasteiger partial charge in [-0.2, -0.15) is 0 Å². The van der Waals surface area contributed by atoms with E-state index >= 15 is 0 Å². The Hall–Kier alpha value is -2.95. The van der Waals surface area contributed by atoms with Crippen LogP contribution in [0, 0.1) is 0 Å². The summed E-state index contributed by atoms with van der Waals surface area (Å²) in [6, 6.07) is 29.4. The Bertz CT molecular complexity index is 828. The van der Waals surface area contributed by atoms with Crippen molar-refractivity contribution in [2.24, 2.45) is 0 Å². The van der Waals surface area contributed by atoms with E-state index in [0.717, 1.165) is 13.1 Å². The molecule has 29 heavy (non-hydrogen) atoms. The molecule has 150 valence electrons. The summed E-state index contributed by atoms with van der Waals surface area (Å²) in [4.78, 5) is 14.5. The average Bonchev–Trinajstić information content (AvgIpc) is 2.78. The monoisotopic (exact) mass is 388 g/mol. The van der Waals surface area contributed by atoms with Crippen molar-refractivity contribution in [3.8, 4) is 0 Å². The smallest absolute Gasteiger partial charge is 0.251 e. The molecular weight excluding hydrogens is 360 g/mol. The molecule has 0 aromatic heterocycles. The predicted octanol–water partition coefficient (Wildman–Crippen LogP) is 3.87. The second-order valence-electron chi connectivity index (χ2n) is 7.26. The largest absolute Gasteiger partial charge is 0.390 e. The Kier molecular flexibility index (Phi) is 7.56. The third kappa shape index (κ3) is 6.28. The fourth-order valence-electron chi connectivity index (χ4n) is 3.28. The van der Waals surface area contributed by atoms with Crippen LogP contribution in [-0.2, 0) is 13.1 Å². The topological polar surface area (TPSA) is 52.6 Å². The number of hydrogen-bond acceptors (Lipinski definition) is 3. The first-order valence-electron chi connectivity index (χ1n) is 9.96. The van der Waals surface area contributed by atoms with Crippen molar-refractivity contribution >= 4 is 5.91 Å². The van der Waals surface area contributed by atoms with Crippen LogP contribution in [0.15, 0.2) is 91.0 Å². The zero-order valence-corrected chi connectivity index (χ0v) is 16.7. The number of carbonyl (C=O) groups is 1. The standard InChI is InChI=1S/C25H28N2O2/c1-20(24(28)17-26-25(29)23-15-9-4-10-16-23)27(18-21-11-5-2-6-12-21)19-22-13-7-3-8-14-22/h2-16,20,24,28H,17-19H2,1H3,(H,26,29)/t20-,24+/m0/s1. The Labute approximate surface area is 172 Å². The minimum Gasteiger partial charge on any atom is -0.390 e. The van der Waals surface area contributed by atoms with Crippen molar-refractivity contribution in [3.05, 3.63) is 108 Å². The number of nitrogens with zero attached hydrogens (tertiary/aromatic N) is 1. The van der Waals surface area contributed by atoms with Crippen LogP contribution in [0.5, 0.6) is 0 Å². The van der Waals surface area contributed by atoms with Gasteiger partial charge in [-0.15, -0.1) is 0 Å². The molecule has 0 saturated heterocycles. The minimum atomic E-state index is -0.685. The number of carbonyl (C=O) groups excluding carboxylic acids is 1. The summed E-state index contributed by atoms with van der Waals surface area (Å²) in [7, 11) is 0. The summed E-state index contributed by atoms with van der Waals surface area (Å²) in [5.74, 6) is -0.172. The molecule has 4 nitrogen and oxygen atoms in total. The molecule has 0 bridgehead atoms. The zero-order valence-electron chi connectivity index (χ0n) is 16.7. The number of nitrogens with one attached hydrogen (secondary N) is 1. The fraction of sp³-hybridized carbons (Fsp3) is 0.240. The summed E-state index contributed by atoms with van der Waals surface area (Å²) < 4.78 is 0. The van der Waals surface area contributed by atoms with Gasteiger partial charge >= 0.3 is 0 Å². The summed E-state index contributed by atoms with van der Waals surface area (Å²) >= 11 is 0. The van der Waals surface area contributed by atoms with E-state index in [0.29, 0.717) is 5.56 Å². The van der Waals surface area contributed by atoms with Gasteiger partial charge in [-0.1, -0.05) is 78.9 Å². The normalized spacial score (nSPS) is 13.1. The molecule has 0 aliphatic heterocycles. The van der Waals surface area contributed by atoms with E-state index in [4.69, 9.17) is 0 Å². The van der Waals surface area contributed by atoms with Crippen molar-refractivity contribution < 1.29 is 9.90 Å². The molecule has 3 aromatic rings. The van der Waals surface area contributed by atoms with Gasteiger partial charge in [0.1, 0.15) is 0 Å². The van der Waals surface area contributed by atoms with Crippen LogP contribution >= 0.6 is 0 Å². The van der Waals surface area contributed by atoms with Crippen molar-refractivity contribution in [2.45, 2.75) is 32.2 Å². The predicted molar refractivity (Wildman–Crippen MR) is 116 cm³/mol. The van der Waals surface area contributed by atoms with Gasteiger partial charge < -0.3 is 10.4 Å². The molecule has 0 aliphatic carbocycles. The molecule has 0 heterocycles. The van der Waals surface area contributed by atoms with E-state index in [1.165, 1.54) is 11.1 Å². The molecule has 3 aromatic carbocycles. The molecule has 2 N–H and O–H groups in total.